The largest absolute Gasteiger partial charge is 0.481 e. The molecular formula is C21H26N4O3. The zero-order valence-corrected chi connectivity index (χ0v) is 16.4. The highest BCUT2D eigenvalue weighted by Crippen LogP contribution is 2.42. The van der Waals surface area contributed by atoms with E-state index in [0.717, 1.165) is 17.8 Å². The molecule has 1 saturated heterocycles. The maximum absolute atomic E-state index is 12.9. The number of aromatic nitrogens is 2. The molecule has 2 aromatic rings. The normalized spacial score (nSPS) is 19.2. The summed E-state index contributed by atoms with van der Waals surface area (Å²) in [5.41, 5.74) is 1.66. The van der Waals surface area contributed by atoms with Gasteiger partial charge in [0, 0.05) is 38.7 Å². The number of piperidine rings is 1. The lowest BCUT2D eigenvalue weighted by Crippen LogP contribution is -2.59. The summed E-state index contributed by atoms with van der Waals surface area (Å²) < 4.78 is 5.80. The lowest BCUT2D eigenvalue weighted by molar-refractivity contribution is -0.145. The van der Waals surface area contributed by atoms with Crippen molar-refractivity contribution in [3.05, 3.63) is 48.0 Å². The highest BCUT2D eigenvalue weighted by Gasteiger charge is 2.48. The van der Waals surface area contributed by atoms with Gasteiger partial charge in [-0.05, 0) is 31.9 Å². The lowest BCUT2D eigenvalue weighted by Gasteiger charge is -2.50. The summed E-state index contributed by atoms with van der Waals surface area (Å²) in [5.74, 6) is 0.730. The minimum Gasteiger partial charge on any atom is -0.481 e. The van der Waals surface area contributed by atoms with Gasteiger partial charge in [0.2, 0.25) is 5.91 Å². The van der Waals surface area contributed by atoms with Crippen molar-refractivity contribution in [2.24, 2.45) is 0 Å². The number of likely N-dealkylation sites (tertiary alicyclic amines) is 1. The van der Waals surface area contributed by atoms with Crippen LogP contribution in [0.3, 0.4) is 0 Å². The number of amides is 2. The number of nitrogens with one attached hydrogen (secondary N) is 1. The fourth-order valence-corrected chi connectivity index (χ4v) is 4.55. The average Bonchev–Trinajstić information content (AvgIpc) is 3.19. The van der Waals surface area contributed by atoms with Gasteiger partial charge in [-0.15, -0.1) is 0 Å². The molecule has 1 N–H and O–H groups in total. The molecule has 0 saturated carbocycles. The molecule has 0 bridgehead atoms. The smallest absolute Gasteiger partial charge is 0.263 e. The topological polar surface area (TPSA) is 78.5 Å². The summed E-state index contributed by atoms with van der Waals surface area (Å²) in [7, 11) is 0. The molecule has 148 valence electrons. The molecule has 1 spiro atoms. The summed E-state index contributed by atoms with van der Waals surface area (Å²) in [5, 5.41) is 0. The summed E-state index contributed by atoms with van der Waals surface area (Å²) in [6, 6.07) is 9.38. The van der Waals surface area contributed by atoms with Crippen LogP contribution < -0.4 is 4.74 Å². The Balaban J connectivity index is 1.48. The van der Waals surface area contributed by atoms with Gasteiger partial charge in [-0.3, -0.25) is 9.59 Å². The minimum absolute atomic E-state index is 0.0221. The molecular weight excluding hydrogens is 356 g/mol. The van der Waals surface area contributed by atoms with E-state index in [2.05, 4.69) is 9.97 Å². The molecule has 3 heterocycles. The van der Waals surface area contributed by atoms with Gasteiger partial charge < -0.3 is 19.5 Å². The van der Waals surface area contributed by atoms with Crippen molar-refractivity contribution < 1.29 is 14.3 Å². The Morgan fingerprint density at radius 1 is 1.18 bits per heavy atom. The molecule has 28 heavy (non-hydrogen) atoms. The minimum atomic E-state index is -0.548. The summed E-state index contributed by atoms with van der Waals surface area (Å²) in [4.78, 5) is 36.8. The van der Waals surface area contributed by atoms with Crippen molar-refractivity contribution in [1.82, 2.24) is 19.8 Å². The van der Waals surface area contributed by atoms with Gasteiger partial charge in [0.1, 0.15) is 5.75 Å². The van der Waals surface area contributed by atoms with Crippen molar-refractivity contribution in [2.75, 3.05) is 19.6 Å². The Morgan fingerprint density at radius 3 is 2.57 bits per heavy atom. The van der Waals surface area contributed by atoms with Crippen LogP contribution in [0.5, 0.6) is 5.75 Å². The van der Waals surface area contributed by atoms with E-state index >= 15 is 0 Å². The molecule has 0 radical (unpaired) electrons. The molecule has 2 amide bonds. The number of fused-ring (bicyclic) bond motifs is 2. The molecule has 4 rings (SSSR count). The Kier molecular flexibility index (Phi) is 4.83. The van der Waals surface area contributed by atoms with Crippen molar-refractivity contribution in [3.63, 3.8) is 0 Å². The number of hydrogen-bond acceptors (Lipinski definition) is 4. The molecule has 1 aromatic carbocycles. The van der Waals surface area contributed by atoms with Gasteiger partial charge in [0.25, 0.3) is 5.91 Å². The van der Waals surface area contributed by atoms with E-state index in [-0.39, 0.29) is 11.8 Å². The fourth-order valence-electron chi connectivity index (χ4n) is 4.55. The SMILES string of the molecule is CC(=O)N1CCc2[nH]cnc2C12CCN(C(=O)C(C)Oc1ccccc1)CC2. The summed E-state index contributed by atoms with van der Waals surface area (Å²) in [6.45, 7) is 5.25. The van der Waals surface area contributed by atoms with E-state index in [9.17, 15) is 9.59 Å². The van der Waals surface area contributed by atoms with E-state index in [1.165, 1.54) is 0 Å². The Morgan fingerprint density at radius 2 is 1.89 bits per heavy atom. The van der Waals surface area contributed by atoms with E-state index in [4.69, 9.17) is 4.74 Å². The standard InChI is InChI=1S/C21H26N4O3/c1-15(28-17-6-4-3-5-7-17)20(27)24-12-9-21(10-13-24)19-18(22-14-23-19)8-11-25(21)16(2)26/h3-7,14-15H,8-13H2,1-2H3,(H,22,23). The molecule has 1 aromatic heterocycles. The van der Waals surface area contributed by atoms with E-state index in [0.29, 0.717) is 38.2 Å². The first-order valence-electron chi connectivity index (χ1n) is 9.83. The second kappa shape index (κ2) is 7.30. The van der Waals surface area contributed by atoms with Crippen molar-refractivity contribution >= 4 is 11.8 Å². The van der Waals surface area contributed by atoms with Gasteiger partial charge in [-0.2, -0.15) is 0 Å². The monoisotopic (exact) mass is 382 g/mol. The third-order valence-electron chi connectivity index (χ3n) is 5.95. The maximum Gasteiger partial charge on any atom is 0.263 e. The fraction of sp³-hybridized carbons (Fsp3) is 0.476. The molecule has 1 atom stereocenters. The van der Waals surface area contributed by atoms with Crippen molar-refractivity contribution in [1.29, 1.82) is 0 Å². The predicted octanol–water partition coefficient (Wildman–Crippen LogP) is 2.10. The average molecular weight is 382 g/mol. The van der Waals surface area contributed by atoms with Crippen molar-refractivity contribution in [2.45, 2.75) is 44.8 Å². The zero-order chi connectivity index (χ0) is 19.7. The second-order valence-corrected chi connectivity index (χ2v) is 7.58. The number of benzene rings is 1. The molecule has 0 aliphatic carbocycles. The van der Waals surface area contributed by atoms with Crippen LogP contribution in [0, 0.1) is 0 Å². The molecule has 2 aliphatic rings. The van der Waals surface area contributed by atoms with E-state index in [1.807, 2.05) is 40.1 Å². The van der Waals surface area contributed by atoms with E-state index < -0.39 is 11.6 Å². The molecule has 2 aliphatic heterocycles. The first kappa shape index (κ1) is 18.5. The highest BCUT2D eigenvalue weighted by atomic mass is 16.5. The first-order valence-corrected chi connectivity index (χ1v) is 9.83. The van der Waals surface area contributed by atoms with E-state index in [1.54, 1.807) is 20.2 Å². The molecule has 7 heteroatoms. The maximum atomic E-state index is 12.9. The van der Waals surface area contributed by atoms with Crippen LogP contribution in [-0.4, -0.2) is 57.3 Å². The molecule has 7 nitrogen and oxygen atoms in total. The van der Waals surface area contributed by atoms with Gasteiger partial charge in [0.15, 0.2) is 6.10 Å². The highest BCUT2D eigenvalue weighted by molar-refractivity contribution is 5.81. The number of aromatic amines is 1. The number of imidazole rings is 1. The predicted molar refractivity (Wildman–Crippen MR) is 104 cm³/mol. The third-order valence-corrected chi connectivity index (χ3v) is 5.95. The van der Waals surface area contributed by atoms with Gasteiger partial charge >= 0.3 is 0 Å². The lowest BCUT2D eigenvalue weighted by atomic mass is 9.78. The Labute approximate surface area is 164 Å². The first-order chi connectivity index (χ1) is 13.5. The van der Waals surface area contributed by atoms with Crippen molar-refractivity contribution in [3.8, 4) is 5.75 Å². The van der Waals surface area contributed by atoms with Crippen LogP contribution in [0.25, 0.3) is 0 Å². The number of H-pyrrole nitrogens is 1. The van der Waals surface area contributed by atoms with Crippen LogP contribution >= 0.6 is 0 Å². The van der Waals surface area contributed by atoms with Crippen LogP contribution in [0.4, 0.5) is 0 Å². The quantitative estimate of drug-likeness (QED) is 0.882. The number of hydrogen-bond donors (Lipinski definition) is 1. The number of rotatable bonds is 3. The summed E-state index contributed by atoms with van der Waals surface area (Å²) in [6.07, 6.45) is 3.33. The van der Waals surface area contributed by atoms with Crippen LogP contribution in [0.2, 0.25) is 0 Å². The van der Waals surface area contributed by atoms with Gasteiger partial charge in [-0.25, -0.2) is 4.98 Å². The van der Waals surface area contributed by atoms with Gasteiger partial charge in [0.05, 0.1) is 17.6 Å². The number of carbonyl (C=O) groups excluding carboxylic acids is 2. The second-order valence-electron chi connectivity index (χ2n) is 7.58. The number of para-hydroxylation sites is 1. The van der Waals surface area contributed by atoms with Crippen LogP contribution in [0.1, 0.15) is 38.1 Å². The Bertz CT molecular complexity index is 856. The number of nitrogens with zero attached hydrogens (tertiary/aromatic N) is 3. The number of carbonyl (C=O) groups is 2. The zero-order valence-electron chi connectivity index (χ0n) is 16.4. The molecule has 1 unspecified atom stereocenters. The van der Waals surface area contributed by atoms with Gasteiger partial charge in [-0.1, -0.05) is 18.2 Å². The van der Waals surface area contributed by atoms with Crippen LogP contribution in [-0.2, 0) is 21.5 Å². The number of ether oxygens (including phenoxy) is 1. The van der Waals surface area contributed by atoms with Crippen LogP contribution in [0.15, 0.2) is 36.7 Å². The molecule has 1 fully saturated rings. The Hall–Kier alpha value is -2.83. The third kappa shape index (κ3) is 3.15. The summed E-state index contributed by atoms with van der Waals surface area (Å²) >= 11 is 0.